The number of nitrogens with zero attached hydrogens (tertiary/aromatic N) is 2. The van der Waals surface area contributed by atoms with Crippen molar-refractivity contribution in [2.75, 3.05) is 13.6 Å². The Morgan fingerprint density at radius 3 is 2.47 bits per heavy atom. The average molecular weight is 267 g/mol. The zero-order chi connectivity index (χ0) is 14.5. The van der Waals surface area contributed by atoms with Crippen LogP contribution >= 0.6 is 0 Å². The van der Waals surface area contributed by atoms with Crippen molar-refractivity contribution in [1.29, 1.82) is 5.26 Å². The largest absolute Gasteiger partial charge is 0.480 e. The molecule has 1 aliphatic carbocycles. The normalized spacial score (nSPS) is 19.0. The van der Waals surface area contributed by atoms with Crippen LogP contribution in [0.5, 0.6) is 0 Å². The molecule has 2 N–H and O–H groups in total. The molecule has 0 radical (unpaired) electrons. The minimum atomic E-state index is -1.14. The number of carboxylic acids is 1. The van der Waals surface area contributed by atoms with Gasteiger partial charge in [-0.1, -0.05) is 19.3 Å². The van der Waals surface area contributed by atoms with Gasteiger partial charge in [0.1, 0.15) is 5.54 Å². The zero-order valence-corrected chi connectivity index (χ0v) is 11.5. The molecular weight excluding hydrogens is 246 g/mol. The van der Waals surface area contributed by atoms with Gasteiger partial charge in [0.05, 0.1) is 12.0 Å². The van der Waals surface area contributed by atoms with Gasteiger partial charge in [-0.15, -0.1) is 0 Å². The minimum Gasteiger partial charge on any atom is -0.480 e. The molecule has 19 heavy (non-hydrogen) atoms. The molecular formula is C13H21N3O3. The van der Waals surface area contributed by atoms with Gasteiger partial charge in [0.2, 0.25) is 0 Å². The molecule has 0 aromatic rings. The van der Waals surface area contributed by atoms with Crippen LogP contribution in [0.4, 0.5) is 4.79 Å². The van der Waals surface area contributed by atoms with Crippen molar-refractivity contribution >= 4 is 12.0 Å². The van der Waals surface area contributed by atoms with Crippen molar-refractivity contribution in [1.82, 2.24) is 10.2 Å². The maximum atomic E-state index is 12.0. The first kappa shape index (κ1) is 15.3. The Kier molecular flexibility index (Phi) is 5.16. The van der Waals surface area contributed by atoms with Crippen LogP contribution in [0.3, 0.4) is 0 Å². The molecule has 1 saturated carbocycles. The lowest BCUT2D eigenvalue weighted by atomic mass is 9.82. The van der Waals surface area contributed by atoms with E-state index in [1.807, 2.05) is 6.07 Å². The van der Waals surface area contributed by atoms with E-state index < -0.39 is 17.5 Å². The van der Waals surface area contributed by atoms with Gasteiger partial charge in [-0.2, -0.15) is 5.26 Å². The van der Waals surface area contributed by atoms with E-state index in [9.17, 15) is 14.7 Å². The van der Waals surface area contributed by atoms with Gasteiger partial charge in [0.25, 0.3) is 0 Å². The van der Waals surface area contributed by atoms with E-state index in [-0.39, 0.29) is 12.5 Å². The molecule has 2 amide bonds. The van der Waals surface area contributed by atoms with Crippen molar-refractivity contribution in [3.8, 4) is 6.07 Å². The van der Waals surface area contributed by atoms with Gasteiger partial charge in [-0.05, 0) is 19.8 Å². The third-order valence-corrected chi connectivity index (χ3v) is 3.58. The molecule has 0 heterocycles. The van der Waals surface area contributed by atoms with Crippen LogP contribution in [0, 0.1) is 17.2 Å². The molecule has 0 aliphatic heterocycles. The van der Waals surface area contributed by atoms with Crippen molar-refractivity contribution in [3.05, 3.63) is 0 Å². The first-order valence-corrected chi connectivity index (χ1v) is 6.57. The topological polar surface area (TPSA) is 93.4 Å². The molecule has 106 valence electrons. The summed E-state index contributed by atoms with van der Waals surface area (Å²) in [6, 6.07) is 1.62. The molecule has 6 heteroatoms. The van der Waals surface area contributed by atoms with E-state index in [0.717, 1.165) is 19.3 Å². The number of urea groups is 1. The fraction of sp³-hybridized carbons (Fsp3) is 0.769. The van der Waals surface area contributed by atoms with E-state index in [1.54, 1.807) is 14.0 Å². The Morgan fingerprint density at radius 1 is 1.42 bits per heavy atom. The lowest BCUT2D eigenvalue weighted by molar-refractivity contribution is -0.145. The Labute approximate surface area is 113 Å². The minimum absolute atomic E-state index is 0.275. The Balaban J connectivity index is 2.67. The molecule has 0 bridgehead atoms. The Bertz CT molecular complexity index is 383. The number of hydrogen-bond acceptors (Lipinski definition) is 3. The predicted octanol–water partition coefficient (Wildman–Crippen LogP) is 1.57. The van der Waals surface area contributed by atoms with Gasteiger partial charge in [0.15, 0.2) is 0 Å². The predicted molar refractivity (Wildman–Crippen MR) is 69.4 cm³/mol. The van der Waals surface area contributed by atoms with Crippen LogP contribution in [-0.4, -0.2) is 41.1 Å². The highest BCUT2D eigenvalue weighted by Gasteiger charge is 2.41. The second kappa shape index (κ2) is 6.41. The van der Waals surface area contributed by atoms with Crippen molar-refractivity contribution in [3.63, 3.8) is 0 Å². The highest BCUT2D eigenvalue weighted by Crippen LogP contribution is 2.28. The molecule has 1 atom stereocenters. The summed E-state index contributed by atoms with van der Waals surface area (Å²) in [5, 5.41) is 20.7. The molecule has 0 aromatic heterocycles. The molecule has 1 aliphatic rings. The number of nitriles is 1. The smallest absolute Gasteiger partial charge is 0.329 e. The van der Waals surface area contributed by atoms with Crippen LogP contribution in [0.1, 0.15) is 39.0 Å². The van der Waals surface area contributed by atoms with E-state index in [2.05, 4.69) is 5.32 Å². The molecule has 1 unspecified atom stereocenters. The first-order chi connectivity index (χ1) is 8.91. The summed E-state index contributed by atoms with van der Waals surface area (Å²) in [7, 11) is 1.57. The number of amides is 2. The van der Waals surface area contributed by atoms with Crippen LogP contribution in [0.2, 0.25) is 0 Å². The lowest BCUT2D eigenvalue weighted by Crippen LogP contribution is -2.58. The summed E-state index contributed by atoms with van der Waals surface area (Å²) in [5.41, 5.74) is -1.14. The lowest BCUT2D eigenvalue weighted by Gasteiger charge is -2.35. The summed E-state index contributed by atoms with van der Waals surface area (Å²) in [6.07, 6.45) is 3.56. The van der Waals surface area contributed by atoms with Crippen LogP contribution in [0.25, 0.3) is 0 Å². The number of carbonyl (C=O) groups excluding carboxylic acids is 1. The highest BCUT2D eigenvalue weighted by atomic mass is 16.4. The summed E-state index contributed by atoms with van der Waals surface area (Å²) in [6.45, 7) is 2.01. The van der Waals surface area contributed by atoms with Gasteiger partial charge in [-0.3, -0.25) is 0 Å². The standard InChI is InChI=1S/C13H21N3O3/c1-10(8-14)9-16(2)12(19)15-13(11(17)18)6-4-3-5-7-13/h10H,3-7,9H2,1-2H3,(H,15,19)(H,17,18). The van der Waals surface area contributed by atoms with Gasteiger partial charge in [-0.25, -0.2) is 9.59 Å². The average Bonchev–Trinajstić information content (AvgIpc) is 2.39. The van der Waals surface area contributed by atoms with E-state index in [1.165, 1.54) is 4.90 Å². The molecule has 6 nitrogen and oxygen atoms in total. The van der Waals surface area contributed by atoms with Gasteiger partial charge >= 0.3 is 12.0 Å². The Morgan fingerprint density at radius 2 is 2.00 bits per heavy atom. The van der Waals surface area contributed by atoms with E-state index >= 15 is 0 Å². The van der Waals surface area contributed by atoms with Crippen LogP contribution in [0.15, 0.2) is 0 Å². The highest BCUT2D eigenvalue weighted by molar-refractivity contribution is 5.86. The second-order valence-electron chi connectivity index (χ2n) is 5.29. The van der Waals surface area contributed by atoms with Crippen LogP contribution < -0.4 is 5.32 Å². The quantitative estimate of drug-likeness (QED) is 0.808. The van der Waals surface area contributed by atoms with Gasteiger partial charge < -0.3 is 15.3 Å². The number of aliphatic carboxylic acids is 1. The Hall–Kier alpha value is -1.77. The fourth-order valence-corrected chi connectivity index (χ4v) is 2.38. The van der Waals surface area contributed by atoms with Gasteiger partial charge in [0, 0.05) is 13.6 Å². The number of nitrogens with one attached hydrogen (secondary N) is 1. The van der Waals surface area contributed by atoms with Crippen molar-refractivity contribution < 1.29 is 14.7 Å². The summed E-state index contributed by atoms with van der Waals surface area (Å²) in [5.74, 6) is -1.25. The fourth-order valence-electron chi connectivity index (χ4n) is 2.38. The number of carbonyl (C=O) groups is 2. The molecule has 1 rings (SSSR count). The number of carboxylic acid groups (broad SMARTS) is 1. The number of rotatable bonds is 4. The summed E-state index contributed by atoms with van der Waals surface area (Å²) >= 11 is 0. The zero-order valence-electron chi connectivity index (χ0n) is 11.5. The van der Waals surface area contributed by atoms with Crippen molar-refractivity contribution in [2.24, 2.45) is 5.92 Å². The maximum absolute atomic E-state index is 12.0. The third kappa shape index (κ3) is 3.85. The molecule has 0 aromatic carbocycles. The van der Waals surface area contributed by atoms with E-state index in [4.69, 9.17) is 5.26 Å². The summed E-state index contributed by atoms with van der Waals surface area (Å²) in [4.78, 5) is 24.8. The second-order valence-corrected chi connectivity index (χ2v) is 5.29. The maximum Gasteiger partial charge on any atom is 0.329 e. The molecule has 0 spiro atoms. The van der Waals surface area contributed by atoms with Crippen LogP contribution in [-0.2, 0) is 4.79 Å². The molecule has 1 fully saturated rings. The summed E-state index contributed by atoms with van der Waals surface area (Å²) < 4.78 is 0. The third-order valence-electron chi connectivity index (χ3n) is 3.58. The first-order valence-electron chi connectivity index (χ1n) is 6.57. The number of hydrogen-bond donors (Lipinski definition) is 2. The van der Waals surface area contributed by atoms with Crippen molar-refractivity contribution in [2.45, 2.75) is 44.6 Å². The molecule has 0 saturated heterocycles. The monoisotopic (exact) mass is 267 g/mol. The SMILES string of the molecule is CC(C#N)CN(C)C(=O)NC1(C(=O)O)CCCCC1. The van der Waals surface area contributed by atoms with E-state index in [0.29, 0.717) is 12.8 Å².